The average molecular weight is 358 g/mol. The van der Waals surface area contributed by atoms with Crippen LogP contribution in [0.25, 0.3) is 0 Å². The van der Waals surface area contributed by atoms with Gasteiger partial charge in [0.25, 0.3) is 0 Å². The van der Waals surface area contributed by atoms with Crippen molar-refractivity contribution >= 4 is 15.9 Å². The minimum atomic E-state index is -0.629. The van der Waals surface area contributed by atoms with E-state index in [0.717, 1.165) is 12.1 Å². The van der Waals surface area contributed by atoms with Gasteiger partial charge in [-0.2, -0.15) is 0 Å². The maximum absolute atomic E-state index is 14.2. The molecule has 0 aliphatic heterocycles. The molecule has 1 atom stereocenters. The average Bonchev–Trinajstić information content (AvgIpc) is 2.44. The van der Waals surface area contributed by atoms with Gasteiger partial charge in [0.05, 0.1) is 10.5 Å². The van der Waals surface area contributed by atoms with Crippen molar-refractivity contribution in [1.29, 1.82) is 0 Å². The summed E-state index contributed by atoms with van der Waals surface area (Å²) in [5.41, 5.74) is 0.926. The molecule has 21 heavy (non-hydrogen) atoms. The molecule has 0 bridgehead atoms. The van der Waals surface area contributed by atoms with E-state index in [0.29, 0.717) is 12.1 Å². The molecule has 0 aliphatic rings. The first-order valence-corrected chi connectivity index (χ1v) is 7.37. The minimum Gasteiger partial charge on any atom is -0.306 e. The van der Waals surface area contributed by atoms with E-state index < -0.39 is 23.5 Å². The van der Waals surface area contributed by atoms with Gasteiger partial charge < -0.3 is 5.32 Å². The molecule has 1 nitrogen and oxygen atoms in total. The highest BCUT2D eigenvalue weighted by molar-refractivity contribution is 9.10. The summed E-state index contributed by atoms with van der Waals surface area (Å²) < 4.78 is 41.9. The van der Waals surface area contributed by atoms with E-state index >= 15 is 0 Å². The largest absolute Gasteiger partial charge is 0.306 e. The van der Waals surface area contributed by atoms with Gasteiger partial charge >= 0.3 is 0 Å². The quantitative estimate of drug-likeness (QED) is 0.822. The first kappa shape index (κ1) is 16.0. The molecule has 2 aromatic carbocycles. The van der Waals surface area contributed by atoms with Crippen LogP contribution in [0.3, 0.4) is 0 Å². The van der Waals surface area contributed by atoms with Crippen molar-refractivity contribution in [3.63, 3.8) is 0 Å². The number of nitrogens with one attached hydrogen (secondary N) is 1. The maximum Gasteiger partial charge on any atom is 0.137 e. The van der Waals surface area contributed by atoms with Crippen LogP contribution in [-0.4, -0.2) is 6.54 Å². The van der Waals surface area contributed by atoms with Gasteiger partial charge in [-0.25, -0.2) is 13.2 Å². The Balaban J connectivity index is 2.59. The second-order valence-electron chi connectivity index (χ2n) is 4.76. The van der Waals surface area contributed by atoms with Crippen molar-refractivity contribution < 1.29 is 13.2 Å². The molecule has 0 spiro atoms. The molecule has 1 unspecified atom stereocenters. The third-order valence-electron chi connectivity index (χ3n) is 3.29. The summed E-state index contributed by atoms with van der Waals surface area (Å²) in [6.07, 6.45) is 0. The Morgan fingerprint density at radius 1 is 1.05 bits per heavy atom. The van der Waals surface area contributed by atoms with Crippen LogP contribution in [0.2, 0.25) is 0 Å². The topological polar surface area (TPSA) is 12.0 Å². The van der Waals surface area contributed by atoms with Gasteiger partial charge in [0.2, 0.25) is 0 Å². The summed E-state index contributed by atoms with van der Waals surface area (Å²) in [6, 6.07) is 6.22. The maximum atomic E-state index is 14.2. The Morgan fingerprint density at radius 2 is 1.76 bits per heavy atom. The molecule has 0 amide bonds. The molecule has 0 aromatic heterocycles. The molecule has 112 valence electrons. The van der Waals surface area contributed by atoms with Crippen molar-refractivity contribution in [3.05, 3.63) is 68.9 Å². The summed E-state index contributed by atoms with van der Waals surface area (Å²) in [4.78, 5) is 0. The van der Waals surface area contributed by atoms with Gasteiger partial charge in [-0.1, -0.05) is 19.1 Å². The van der Waals surface area contributed by atoms with E-state index in [9.17, 15) is 13.2 Å². The molecule has 1 N–H and O–H groups in total. The Bertz CT molecular complexity index is 658. The second kappa shape index (κ2) is 6.62. The lowest BCUT2D eigenvalue weighted by molar-refractivity contribution is 0.537. The monoisotopic (exact) mass is 357 g/mol. The van der Waals surface area contributed by atoms with Crippen LogP contribution in [0, 0.1) is 24.4 Å². The Hall–Kier alpha value is -1.33. The van der Waals surface area contributed by atoms with Crippen molar-refractivity contribution in [2.75, 3.05) is 6.54 Å². The molecule has 0 saturated carbocycles. The molecule has 0 aliphatic carbocycles. The number of hydrogen-bond donors (Lipinski definition) is 1. The van der Waals surface area contributed by atoms with Crippen molar-refractivity contribution in [1.82, 2.24) is 5.32 Å². The van der Waals surface area contributed by atoms with Crippen LogP contribution < -0.4 is 5.32 Å². The number of halogens is 4. The zero-order chi connectivity index (χ0) is 15.6. The molecule has 0 fully saturated rings. The zero-order valence-corrected chi connectivity index (χ0v) is 13.3. The summed E-state index contributed by atoms with van der Waals surface area (Å²) in [7, 11) is 0. The molecule has 5 heteroatoms. The van der Waals surface area contributed by atoms with Gasteiger partial charge in [0, 0.05) is 5.56 Å². The SMILES string of the molecule is CCNC(c1cc(F)c(C)cc1F)c1cccc(F)c1Br. The summed E-state index contributed by atoms with van der Waals surface area (Å²) in [5, 5.41) is 3.07. The predicted octanol–water partition coefficient (Wildman–Crippen LogP) is 4.87. The zero-order valence-electron chi connectivity index (χ0n) is 11.7. The third-order valence-corrected chi connectivity index (χ3v) is 4.13. The fourth-order valence-electron chi connectivity index (χ4n) is 2.22. The van der Waals surface area contributed by atoms with Crippen LogP contribution in [0.15, 0.2) is 34.8 Å². The van der Waals surface area contributed by atoms with Crippen molar-refractivity contribution in [3.8, 4) is 0 Å². The number of aryl methyl sites for hydroxylation is 1. The standard InChI is InChI=1S/C16H15BrF3N/c1-3-21-16(10-5-4-6-12(18)15(10)17)11-8-13(19)9(2)7-14(11)20/h4-8,16,21H,3H2,1-2H3. The van der Waals surface area contributed by atoms with E-state index in [1.165, 1.54) is 13.0 Å². The number of benzene rings is 2. The van der Waals surface area contributed by atoms with E-state index in [2.05, 4.69) is 21.2 Å². The van der Waals surface area contributed by atoms with Crippen molar-refractivity contribution in [2.24, 2.45) is 0 Å². The van der Waals surface area contributed by atoms with Gasteiger partial charge in [-0.05, 0) is 58.7 Å². The molecular formula is C16H15BrF3N. The fourth-order valence-corrected chi connectivity index (χ4v) is 2.71. The van der Waals surface area contributed by atoms with Crippen LogP contribution in [0.4, 0.5) is 13.2 Å². The summed E-state index contributed by atoms with van der Waals surface area (Å²) in [6.45, 7) is 3.88. The fraction of sp³-hybridized carbons (Fsp3) is 0.250. The van der Waals surface area contributed by atoms with Crippen LogP contribution in [0.1, 0.15) is 29.7 Å². The highest BCUT2D eigenvalue weighted by atomic mass is 79.9. The van der Waals surface area contributed by atoms with E-state index in [1.54, 1.807) is 12.1 Å². The minimum absolute atomic E-state index is 0.159. The molecule has 0 heterocycles. The Morgan fingerprint density at radius 3 is 2.43 bits per heavy atom. The smallest absolute Gasteiger partial charge is 0.137 e. The summed E-state index contributed by atoms with van der Waals surface area (Å²) >= 11 is 3.17. The molecular weight excluding hydrogens is 343 g/mol. The number of rotatable bonds is 4. The first-order chi connectivity index (χ1) is 9.95. The Kier molecular flexibility index (Phi) is 5.06. The lowest BCUT2D eigenvalue weighted by Gasteiger charge is -2.21. The highest BCUT2D eigenvalue weighted by Crippen LogP contribution is 2.32. The van der Waals surface area contributed by atoms with Gasteiger partial charge in [-0.3, -0.25) is 0 Å². The van der Waals surface area contributed by atoms with Gasteiger partial charge in [-0.15, -0.1) is 0 Å². The normalized spacial score (nSPS) is 12.5. The lowest BCUT2D eigenvalue weighted by Crippen LogP contribution is -2.24. The predicted molar refractivity (Wildman–Crippen MR) is 80.7 cm³/mol. The lowest BCUT2D eigenvalue weighted by atomic mass is 9.96. The van der Waals surface area contributed by atoms with Crippen LogP contribution in [-0.2, 0) is 0 Å². The molecule has 0 saturated heterocycles. The van der Waals surface area contributed by atoms with Crippen LogP contribution in [0.5, 0.6) is 0 Å². The second-order valence-corrected chi connectivity index (χ2v) is 5.55. The number of hydrogen-bond acceptors (Lipinski definition) is 1. The highest BCUT2D eigenvalue weighted by Gasteiger charge is 2.22. The van der Waals surface area contributed by atoms with Crippen LogP contribution >= 0.6 is 15.9 Å². The first-order valence-electron chi connectivity index (χ1n) is 6.58. The van der Waals surface area contributed by atoms with Gasteiger partial charge in [0.1, 0.15) is 17.5 Å². The molecule has 2 rings (SSSR count). The molecule has 2 aromatic rings. The molecule has 0 radical (unpaired) electrons. The third kappa shape index (κ3) is 3.30. The van der Waals surface area contributed by atoms with E-state index in [4.69, 9.17) is 0 Å². The van der Waals surface area contributed by atoms with Gasteiger partial charge in [0.15, 0.2) is 0 Å². The van der Waals surface area contributed by atoms with E-state index in [-0.39, 0.29) is 15.6 Å². The Labute approximate surface area is 130 Å². The van der Waals surface area contributed by atoms with E-state index in [1.807, 2.05) is 6.92 Å². The summed E-state index contributed by atoms with van der Waals surface area (Å²) in [5.74, 6) is -1.44. The van der Waals surface area contributed by atoms with Crippen molar-refractivity contribution in [2.45, 2.75) is 19.9 Å².